The Morgan fingerprint density at radius 2 is 2.14 bits per heavy atom. The number of thiazole rings is 1. The summed E-state index contributed by atoms with van der Waals surface area (Å²) in [6.45, 7) is 4.18. The second-order valence-corrected chi connectivity index (χ2v) is 9.29. The molecule has 5 heterocycles. The third kappa shape index (κ3) is 3.62. The van der Waals surface area contributed by atoms with E-state index in [-0.39, 0.29) is 5.56 Å². The van der Waals surface area contributed by atoms with Crippen molar-refractivity contribution in [3.63, 3.8) is 0 Å². The van der Waals surface area contributed by atoms with Crippen LogP contribution >= 0.6 is 11.3 Å². The van der Waals surface area contributed by atoms with Crippen LogP contribution in [0, 0.1) is 5.92 Å². The summed E-state index contributed by atoms with van der Waals surface area (Å²) in [6, 6.07) is 4.22. The lowest BCUT2D eigenvalue weighted by atomic mass is 9.83. The summed E-state index contributed by atoms with van der Waals surface area (Å²) in [5, 5.41) is 7.36. The minimum Gasteiger partial charge on any atom is -0.347 e. The molecule has 2 aliphatic heterocycles. The molecule has 1 fully saturated rings. The van der Waals surface area contributed by atoms with E-state index in [1.807, 2.05) is 46.3 Å². The number of aryl methyl sites for hydroxylation is 1. The van der Waals surface area contributed by atoms with Gasteiger partial charge in [-0.2, -0.15) is 5.10 Å². The molecule has 0 unspecified atom stereocenters. The Morgan fingerprint density at radius 3 is 2.90 bits per heavy atom. The fraction of sp³-hybridized carbons (Fsp3) is 0.476. The molecule has 3 aromatic rings. The van der Waals surface area contributed by atoms with Crippen LogP contribution < -0.4 is 10.5 Å². The second kappa shape index (κ2) is 7.42. The van der Waals surface area contributed by atoms with Gasteiger partial charge in [0.2, 0.25) is 0 Å². The van der Waals surface area contributed by atoms with Gasteiger partial charge in [-0.3, -0.25) is 14.4 Å². The number of nitrogens with zero attached hydrogens (tertiary/aromatic N) is 6. The lowest BCUT2D eigenvalue weighted by Crippen LogP contribution is -2.47. The first kappa shape index (κ1) is 18.6. The van der Waals surface area contributed by atoms with E-state index >= 15 is 0 Å². The molecule has 29 heavy (non-hydrogen) atoms. The number of hydrogen-bond donors (Lipinski definition) is 0. The SMILES string of the molecule is CN(Cc1cnn(C)c1)Cc1ccc2n(c1=O)C[C@H]1C[C@@H]2CN(c2nccs2)C1. The molecular formula is C21H26N6OS. The third-order valence-corrected chi connectivity index (χ3v) is 6.86. The standard InChI is InChI=1S/C21H26N6OS/c1-24(9-16-8-23-25(2)10-16)13-17-3-4-19-18-7-15(12-27(19)20(17)28)11-26(14-18)21-22-5-6-29-21/h3-6,8,10,15,18H,7,9,11-14H2,1-2H3/t15-,18+/m0/s1. The van der Waals surface area contributed by atoms with E-state index in [0.29, 0.717) is 18.4 Å². The van der Waals surface area contributed by atoms with Crippen molar-refractivity contribution in [3.05, 3.63) is 63.3 Å². The van der Waals surface area contributed by atoms with Crippen LogP contribution in [0.4, 0.5) is 5.13 Å². The van der Waals surface area contributed by atoms with Crippen LogP contribution in [0.3, 0.4) is 0 Å². The van der Waals surface area contributed by atoms with E-state index in [9.17, 15) is 4.79 Å². The van der Waals surface area contributed by atoms with Crippen LogP contribution in [0.25, 0.3) is 0 Å². The number of aromatic nitrogens is 4. The van der Waals surface area contributed by atoms with Gasteiger partial charge in [-0.15, -0.1) is 11.3 Å². The van der Waals surface area contributed by atoms with Crippen molar-refractivity contribution < 1.29 is 0 Å². The average molecular weight is 411 g/mol. The molecule has 5 rings (SSSR count). The molecule has 8 heteroatoms. The molecule has 2 bridgehead atoms. The van der Waals surface area contributed by atoms with Gasteiger partial charge in [0.15, 0.2) is 5.13 Å². The monoisotopic (exact) mass is 410 g/mol. The van der Waals surface area contributed by atoms with Crippen LogP contribution in [0.5, 0.6) is 0 Å². The Balaban J connectivity index is 1.35. The summed E-state index contributed by atoms with van der Waals surface area (Å²) < 4.78 is 3.86. The zero-order valence-corrected chi connectivity index (χ0v) is 17.7. The highest BCUT2D eigenvalue weighted by molar-refractivity contribution is 7.13. The second-order valence-electron chi connectivity index (χ2n) is 8.41. The summed E-state index contributed by atoms with van der Waals surface area (Å²) in [5.74, 6) is 0.910. The Labute approximate surface area is 174 Å². The van der Waals surface area contributed by atoms with Gasteiger partial charge in [0.05, 0.1) is 6.20 Å². The predicted octanol–water partition coefficient (Wildman–Crippen LogP) is 2.29. The molecule has 0 radical (unpaired) electrons. The van der Waals surface area contributed by atoms with Crippen molar-refractivity contribution >= 4 is 16.5 Å². The highest BCUT2D eigenvalue weighted by Crippen LogP contribution is 2.37. The molecule has 152 valence electrons. The fourth-order valence-corrected chi connectivity index (χ4v) is 5.51. The van der Waals surface area contributed by atoms with Crippen molar-refractivity contribution in [1.82, 2.24) is 24.2 Å². The normalized spacial score (nSPS) is 20.9. The summed E-state index contributed by atoms with van der Waals surface area (Å²) in [7, 11) is 3.98. The molecule has 1 saturated heterocycles. The summed E-state index contributed by atoms with van der Waals surface area (Å²) >= 11 is 1.70. The maximum atomic E-state index is 13.2. The molecule has 0 N–H and O–H groups in total. The first-order chi connectivity index (χ1) is 14.1. The molecule has 3 aromatic heterocycles. The number of fused-ring (bicyclic) bond motifs is 4. The van der Waals surface area contributed by atoms with Gasteiger partial charge in [-0.05, 0) is 25.5 Å². The van der Waals surface area contributed by atoms with E-state index in [0.717, 1.165) is 42.4 Å². The van der Waals surface area contributed by atoms with Gasteiger partial charge < -0.3 is 9.47 Å². The maximum absolute atomic E-state index is 13.2. The van der Waals surface area contributed by atoms with Crippen LogP contribution in [-0.4, -0.2) is 44.4 Å². The van der Waals surface area contributed by atoms with E-state index < -0.39 is 0 Å². The zero-order valence-electron chi connectivity index (χ0n) is 16.9. The maximum Gasteiger partial charge on any atom is 0.255 e. The van der Waals surface area contributed by atoms with Gasteiger partial charge in [0, 0.05) is 80.3 Å². The molecule has 0 spiro atoms. The minimum absolute atomic E-state index is 0.179. The topological polar surface area (TPSA) is 59.2 Å². The summed E-state index contributed by atoms with van der Waals surface area (Å²) in [4.78, 5) is 22.3. The Morgan fingerprint density at radius 1 is 1.24 bits per heavy atom. The van der Waals surface area contributed by atoms with E-state index in [1.54, 1.807) is 11.3 Å². The van der Waals surface area contributed by atoms with Crippen molar-refractivity contribution in [1.29, 1.82) is 0 Å². The van der Waals surface area contributed by atoms with Crippen LogP contribution in [0.1, 0.15) is 29.2 Å². The van der Waals surface area contributed by atoms with Gasteiger partial charge in [0.1, 0.15) is 0 Å². The molecule has 7 nitrogen and oxygen atoms in total. The number of rotatable bonds is 5. The Hall–Kier alpha value is -2.45. The predicted molar refractivity (Wildman–Crippen MR) is 114 cm³/mol. The largest absolute Gasteiger partial charge is 0.347 e. The van der Waals surface area contributed by atoms with Crippen molar-refractivity contribution in [3.8, 4) is 0 Å². The van der Waals surface area contributed by atoms with Crippen molar-refractivity contribution in [2.75, 3.05) is 25.0 Å². The number of anilines is 1. The molecule has 0 aliphatic carbocycles. The summed E-state index contributed by atoms with van der Waals surface area (Å²) in [5.41, 5.74) is 3.39. The lowest BCUT2D eigenvalue weighted by molar-refractivity contribution is 0.276. The van der Waals surface area contributed by atoms with E-state index in [1.165, 1.54) is 12.1 Å². The summed E-state index contributed by atoms with van der Waals surface area (Å²) in [6.07, 6.45) is 6.94. The fourth-order valence-electron chi connectivity index (χ4n) is 4.85. The first-order valence-corrected chi connectivity index (χ1v) is 11.0. The average Bonchev–Trinajstić information content (AvgIpc) is 3.36. The van der Waals surface area contributed by atoms with E-state index in [2.05, 4.69) is 33.0 Å². The Bertz CT molecular complexity index is 1060. The number of piperidine rings is 1. The van der Waals surface area contributed by atoms with Gasteiger partial charge in [0.25, 0.3) is 5.56 Å². The van der Waals surface area contributed by atoms with Crippen molar-refractivity contribution in [2.24, 2.45) is 13.0 Å². The lowest BCUT2D eigenvalue weighted by Gasteiger charge is -2.42. The number of pyridine rings is 1. The van der Waals surface area contributed by atoms with Gasteiger partial charge >= 0.3 is 0 Å². The molecule has 0 aromatic carbocycles. The highest BCUT2D eigenvalue weighted by atomic mass is 32.1. The molecular weight excluding hydrogens is 384 g/mol. The van der Waals surface area contributed by atoms with Gasteiger partial charge in [-0.1, -0.05) is 6.07 Å². The zero-order chi connectivity index (χ0) is 20.0. The van der Waals surface area contributed by atoms with Gasteiger partial charge in [-0.25, -0.2) is 4.98 Å². The van der Waals surface area contributed by atoms with Crippen LogP contribution in [0.15, 0.2) is 40.9 Å². The van der Waals surface area contributed by atoms with E-state index in [4.69, 9.17) is 0 Å². The molecule has 0 saturated carbocycles. The van der Waals surface area contributed by atoms with Crippen molar-refractivity contribution in [2.45, 2.75) is 32.0 Å². The first-order valence-electron chi connectivity index (χ1n) is 10.1. The quantitative estimate of drug-likeness (QED) is 0.646. The number of hydrogen-bond acceptors (Lipinski definition) is 6. The third-order valence-electron chi connectivity index (χ3n) is 6.02. The Kier molecular flexibility index (Phi) is 4.75. The van der Waals surface area contributed by atoms with Crippen LogP contribution in [-0.2, 0) is 26.7 Å². The smallest absolute Gasteiger partial charge is 0.255 e. The molecule has 2 aliphatic rings. The molecule has 2 atom stereocenters. The molecule has 0 amide bonds. The minimum atomic E-state index is 0.179. The van der Waals surface area contributed by atoms with Crippen LogP contribution in [0.2, 0.25) is 0 Å². The highest BCUT2D eigenvalue weighted by Gasteiger charge is 2.35.